The van der Waals surface area contributed by atoms with Crippen LogP contribution in [-0.2, 0) is 4.79 Å². The quantitative estimate of drug-likeness (QED) is 0.648. The van der Waals surface area contributed by atoms with Crippen LogP contribution in [0.1, 0.15) is 32.6 Å². The Hall–Kier alpha value is -0.630. The molecule has 0 fully saturated rings. The molecule has 2 heteroatoms. The van der Waals surface area contributed by atoms with Gasteiger partial charge in [-0.1, -0.05) is 32.3 Å². The highest BCUT2D eigenvalue weighted by atomic mass is 16.3. The lowest BCUT2D eigenvalue weighted by atomic mass is 9.96. The van der Waals surface area contributed by atoms with E-state index in [9.17, 15) is 9.90 Å². The first-order valence-electron chi connectivity index (χ1n) is 4.66. The molecule has 0 aliphatic heterocycles. The molecule has 0 aromatic rings. The first-order valence-corrected chi connectivity index (χ1v) is 4.66. The molecule has 0 radical (unpaired) electrons. The van der Waals surface area contributed by atoms with Crippen LogP contribution in [0, 0.1) is 5.92 Å². The summed E-state index contributed by atoms with van der Waals surface area (Å²) >= 11 is 0. The number of allylic oxidation sites excluding steroid dienone is 1. The monoisotopic (exact) mass is 168 g/mol. The molecule has 0 saturated heterocycles. The predicted molar refractivity (Wildman–Crippen MR) is 47.8 cm³/mol. The number of aliphatic hydroxyl groups is 1. The zero-order chi connectivity index (χ0) is 8.97. The molecule has 2 atom stereocenters. The van der Waals surface area contributed by atoms with Gasteiger partial charge in [-0.3, -0.25) is 4.79 Å². The van der Waals surface area contributed by atoms with Gasteiger partial charge in [0.15, 0.2) is 5.78 Å². The van der Waals surface area contributed by atoms with Crippen LogP contribution in [0.25, 0.3) is 0 Å². The summed E-state index contributed by atoms with van der Waals surface area (Å²) in [5, 5.41) is 9.35. The standard InChI is InChI=1S/C10H16O2/c1-2-3-4-5-8-9(11)6-7-10(8)12/h6-9,11H,2-5H2,1H3. The normalized spacial score (nSPS) is 28.3. The Bertz CT molecular complexity index is 184. The smallest absolute Gasteiger partial charge is 0.161 e. The summed E-state index contributed by atoms with van der Waals surface area (Å²) < 4.78 is 0. The SMILES string of the molecule is CCCCCC1C(=O)C=CC1O. The summed E-state index contributed by atoms with van der Waals surface area (Å²) in [6, 6.07) is 0. The molecule has 0 spiro atoms. The van der Waals surface area contributed by atoms with Crippen molar-refractivity contribution in [2.45, 2.75) is 38.7 Å². The number of rotatable bonds is 4. The molecule has 12 heavy (non-hydrogen) atoms. The maximum Gasteiger partial charge on any atom is 0.161 e. The molecular weight excluding hydrogens is 152 g/mol. The maximum atomic E-state index is 11.1. The van der Waals surface area contributed by atoms with E-state index in [2.05, 4.69) is 6.92 Å². The minimum absolute atomic E-state index is 0.0959. The van der Waals surface area contributed by atoms with Gasteiger partial charge in [0.25, 0.3) is 0 Å². The molecule has 68 valence electrons. The van der Waals surface area contributed by atoms with Crippen LogP contribution < -0.4 is 0 Å². The van der Waals surface area contributed by atoms with Crippen LogP contribution in [-0.4, -0.2) is 17.0 Å². The Morgan fingerprint density at radius 2 is 2.25 bits per heavy atom. The van der Waals surface area contributed by atoms with Crippen molar-refractivity contribution in [1.82, 2.24) is 0 Å². The van der Waals surface area contributed by atoms with Gasteiger partial charge in [-0.25, -0.2) is 0 Å². The summed E-state index contributed by atoms with van der Waals surface area (Å²) in [5.41, 5.74) is 0. The fraction of sp³-hybridized carbons (Fsp3) is 0.700. The second-order valence-electron chi connectivity index (χ2n) is 3.35. The van der Waals surface area contributed by atoms with E-state index in [-0.39, 0.29) is 11.7 Å². The third-order valence-corrected chi connectivity index (χ3v) is 2.35. The number of ketones is 1. The molecule has 1 rings (SSSR count). The molecule has 1 N–H and O–H groups in total. The number of aliphatic hydroxyl groups excluding tert-OH is 1. The third-order valence-electron chi connectivity index (χ3n) is 2.35. The van der Waals surface area contributed by atoms with E-state index < -0.39 is 6.10 Å². The van der Waals surface area contributed by atoms with Crippen LogP contribution in [0.3, 0.4) is 0 Å². The van der Waals surface area contributed by atoms with Gasteiger partial charge in [0.2, 0.25) is 0 Å². The van der Waals surface area contributed by atoms with E-state index in [1.165, 1.54) is 6.08 Å². The van der Waals surface area contributed by atoms with E-state index in [0.29, 0.717) is 0 Å². The largest absolute Gasteiger partial charge is 0.388 e. The van der Waals surface area contributed by atoms with Crippen LogP contribution in [0.15, 0.2) is 12.2 Å². The number of unbranched alkanes of at least 4 members (excludes halogenated alkanes) is 2. The van der Waals surface area contributed by atoms with Crippen LogP contribution in [0.2, 0.25) is 0 Å². The number of hydrogen-bond donors (Lipinski definition) is 1. The van der Waals surface area contributed by atoms with Gasteiger partial charge in [-0.05, 0) is 12.5 Å². The van der Waals surface area contributed by atoms with Crippen LogP contribution >= 0.6 is 0 Å². The third kappa shape index (κ3) is 2.18. The molecule has 0 heterocycles. The Kier molecular flexibility index (Phi) is 3.48. The van der Waals surface area contributed by atoms with Crippen molar-refractivity contribution in [1.29, 1.82) is 0 Å². The van der Waals surface area contributed by atoms with E-state index in [1.807, 2.05) is 0 Å². The average Bonchev–Trinajstić information content (AvgIpc) is 2.35. The molecule has 1 aliphatic carbocycles. The number of carbonyl (C=O) groups is 1. The summed E-state index contributed by atoms with van der Waals surface area (Å²) in [4.78, 5) is 11.1. The zero-order valence-corrected chi connectivity index (χ0v) is 7.49. The minimum Gasteiger partial charge on any atom is -0.388 e. The fourth-order valence-corrected chi connectivity index (χ4v) is 1.55. The Balaban J connectivity index is 2.28. The van der Waals surface area contributed by atoms with Crippen molar-refractivity contribution in [3.05, 3.63) is 12.2 Å². The lowest BCUT2D eigenvalue weighted by Crippen LogP contribution is -2.19. The number of carbonyl (C=O) groups excluding carboxylic acids is 1. The van der Waals surface area contributed by atoms with E-state index in [1.54, 1.807) is 6.08 Å². The lowest BCUT2D eigenvalue weighted by molar-refractivity contribution is -0.119. The average molecular weight is 168 g/mol. The Morgan fingerprint density at radius 3 is 2.75 bits per heavy atom. The summed E-state index contributed by atoms with van der Waals surface area (Å²) in [6.45, 7) is 2.13. The van der Waals surface area contributed by atoms with Crippen molar-refractivity contribution in [2.24, 2.45) is 5.92 Å². The maximum absolute atomic E-state index is 11.1. The van der Waals surface area contributed by atoms with Crippen molar-refractivity contribution in [2.75, 3.05) is 0 Å². The molecular formula is C10H16O2. The first kappa shape index (κ1) is 9.46. The Morgan fingerprint density at radius 1 is 1.50 bits per heavy atom. The van der Waals surface area contributed by atoms with Crippen molar-refractivity contribution in [3.8, 4) is 0 Å². The first-order chi connectivity index (χ1) is 5.75. The van der Waals surface area contributed by atoms with Gasteiger partial charge >= 0.3 is 0 Å². The van der Waals surface area contributed by atoms with Gasteiger partial charge in [0, 0.05) is 0 Å². The molecule has 0 saturated carbocycles. The minimum atomic E-state index is -0.519. The highest BCUT2D eigenvalue weighted by Gasteiger charge is 2.27. The second-order valence-corrected chi connectivity index (χ2v) is 3.35. The van der Waals surface area contributed by atoms with Gasteiger partial charge in [-0.2, -0.15) is 0 Å². The van der Waals surface area contributed by atoms with Gasteiger partial charge in [0.1, 0.15) is 0 Å². The lowest BCUT2D eigenvalue weighted by Gasteiger charge is -2.11. The molecule has 1 aliphatic rings. The molecule has 2 unspecified atom stereocenters. The molecule has 2 nitrogen and oxygen atoms in total. The van der Waals surface area contributed by atoms with Gasteiger partial charge in [-0.15, -0.1) is 0 Å². The van der Waals surface area contributed by atoms with E-state index >= 15 is 0 Å². The molecule has 0 bridgehead atoms. The second kappa shape index (κ2) is 4.41. The zero-order valence-electron chi connectivity index (χ0n) is 7.49. The van der Waals surface area contributed by atoms with Gasteiger partial charge in [0.05, 0.1) is 12.0 Å². The van der Waals surface area contributed by atoms with Crippen molar-refractivity contribution in [3.63, 3.8) is 0 Å². The van der Waals surface area contributed by atoms with Crippen molar-refractivity contribution < 1.29 is 9.90 Å². The highest BCUT2D eigenvalue weighted by Crippen LogP contribution is 2.21. The van der Waals surface area contributed by atoms with E-state index in [0.717, 1.165) is 25.7 Å². The fourth-order valence-electron chi connectivity index (χ4n) is 1.55. The Labute approximate surface area is 73.3 Å². The topological polar surface area (TPSA) is 37.3 Å². The van der Waals surface area contributed by atoms with Crippen molar-refractivity contribution >= 4 is 5.78 Å². The molecule has 0 aromatic heterocycles. The van der Waals surface area contributed by atoms with Gasteiger partial charge < -0.3 is 5.11 Å². The molecule has 0 aromatic carbocycles. The van der Waals surface area contributed by atoms with Crippen LogP contribution in [0.4, 0.5) is 0 Å². The number of hydrogen-bond acceptors (Lipinski definition) is 2. The predicted octanol–water partition coefficient (Wildman–Crippen LogP) is 1.68. The van der Waals surface area contributed by atoms with Crippen LogP contribution in [0.5, 0.6) is 0 Å². The summed E-state index contributed by atoms with van der Waals surface area (Å²) in [5.74, 6) is -0.0462. The highest BCUT2D eigenvalue weighted by molar-refractivity contribution is 5.94. The summed E-state index contributed by atoms with van der Waals surface area (Å²) in [7, 11) is 0. The van der Waals surface area contributed by atoms with E-state index in [4.69, 9.17) is 0 Å². The molecule has 0 amide bonds. The summed E-state index contributed by atoms with van der Waals surface area (Å²) in [6.07, 6.45) is 6.77.